The van der Waals surface area contributed by atoms with Gasteiger partial charge in [0.25, 0.3) is 0 Å². The minimum Gasteiger partial charge on any atom is -0.323 e. The van der Waals surface area contributed by atoms with Crippen molar-refractivity contribution in [2.45, 2.75) is 20.3 Å². The molecule has 0 aliphatic rings. The molecule has 0 atom stereocenters. The Bertz CT molecular complexity index is 169. The number of hydrogen-bond acceptors (Lipinski definition) is 4. The fourth-order valence-electron chi connectivity index (χ4n) is 0.793. The van der Waals surface area contributed by atoms with E-state index in [9.17, 15) is 0 Å². The molecule has 0 aliphatic carbocycles. The van der Waals surface area contributed by atoms with Gasteiger partial charge in [-0.3, -0.25) is 0 Å². The predicted molar refractivity (Wildman–Crippen MR) is 48.7 cm³/mol. The van der Waals surface area contributed by atoms with Crippen LogP contribution in [0, 0.1) is 0 Å². The van der Waals surface area contributed by atoms with Gasteiger partial charge < -0.3 is 10.9 Å². The van der Waals surface area contributed by atoms with Gasteiger partial charge in [-0.15, -0.1) is 0 Å². The van der Waals surface area contributed by atoms with Crippen LogP contribution in [0.1, 0.15) is 20.3 Å². The molecule has 4 nitrogen and oxygen atoms in total. The third-order valence-electron chi connectivity index (χ3n) is 1.10. The summed E-state index contributed by atoms with van der Waals surface area (Å²) in [6.45, 7) is 3.84. The Labute approximate surface area is 67.8 Å². The van der Waals surface area contributed by atoms with Crippen LogP contribution in [0.25, 0.3) is 0 Å². The fraction of sp³-hybridized carbons (Fsp3) is 0.714. The van der Waals surface area contributed by atoms with Crippen molar-refractivity contribution in [3.63, 3.8) is 0 Å². The zero-order valence-electron chi connectivity index (χ0n) is 7.63. The molecule has 0 unspecified atom stereocenters. The Balaban J connectivity index is 3.96. The second-order valence-electron chi connectivity index (χ2n) is 2.72. The number of nitrogens with two attached hydrogens (primary N) is 1. The van der Waals surface area contributed by atoms with Gasteiger partial charge in [0.05, 0.1) is 0 Å². The summed E-state index contributed by atoms with van der Waals surface area (Å²) in [6, 6.07) is 0. The SMILES string of the molecule is C/C(C/C(C)=N/N(C)C)=N/N. The fourth-order valence-corrected chi connectivity index (χ4v) is 0.793. The molecule has 0 saturated heterocycles. The monoisotopic (exact) mass is 156 g/mol. The summed E-state index contributed by atoms with van der Waals surface area (Å²) in [4.78, 5) is 0. The zero-order chi connectivity index (χ0) is 8.85. The van der Waals surface area contributed by atoms with Crippen LogP contribution in [0.5, 0.6) is 0 Å². The molecule has 0 rings (SSSR count). The normalized spacial score (nSPS) is 13.5. The van der Waals surface area contributed by atoms with Crippen molar-refractivity contribution in [3.05, 3.63) is 0 Å². The van der Waals surface area contributed by atoms with Gasteiger partial charge in [0.1, 0.15) is 0 Å². The van der Waals surface area contributed by atoms with Crippen LogP contribution in [0.4, 0.5) is 0 Å². The highest BCUT2D eigenvalue weighted by atomic mass is 15.4. The molecule has 2 N–H and O–H groups in total. The van der Waals surface area contributed by atoms with Crippen LogP contribution in [-0.4, -0.2) is 30.5 Å². The molecule has 0 aliphatic heterocycles. The van der Waals surface area contributed by atoms with Crippen molar-refractivity contribution < 1.29 is 0 Å². The second-order valence-corrected chi connectivity index (χ2v) is 2.72. The summed E-state index contributed by atoms with van der Waals surface area (Å²) in [5.74, 6) is 5.07. The van der Waals surface area contributed by atoms with E-state index in [2.05, 4.69) is 10.2 Å². The minimum absolute atomic E-state index is 0.745. The molecule has 64 valence electrons. The van der Waals surface area contributed by atoms with E-state index in [0.717, 1.165) is 17.8 Å². The summed E-state index contributed by atoms with van der Waals surface area (Å²) in [6.07, 6.45) is 0.745. The van der Waals surface area contributed by atoms with Crippen LogP contribution in [0.15, 0.2) is 10.2 Å². The van der Waals surface area contributed by atoms with Crippen LogP contribution in [0.3, 0.4) is 0 Å². The van der Waals surface area contributed by atoms with Gasteiger partial charge in [-0.05, 0) is 13.8 Å². The van der Waals surface area contributed by atoms with Crippen molar-refractivity contribution >= 4 is 11.4 Å². The summed E-state index contributed by atoms with van der Waals surface area (Å²) < 4.78 is 0. The van der Waals surface area contributed by atoms with Gasteiger partial charge in [0, 0.05) is 31.9 Å². The highest BCUT2D eigenvalue weighted by Gasteiger charge is 1.94. The Morgan fingerprint density at radius 1 is 1.27 bits per heavy atom. The molecule has 0 saturated carbocycles. The lowest BCUT2D eigenvalue weighted by atomic mass is 10.2. The average molecular weight is 156 g/mol. The van der Waals surface area contributed by atoms with Gasteiger partial charge in [-0.25, -0.2) is 0 Å². The molecule has 0 heterocycles. The largest absolute Gasteiger partial charge is 0.323 e. The molecule has 0 fully saturated rings. The molecule has 0 bridgehead atoms. The van der Waals surface area contributed by atoms with Crippen LogP contribution in [0.2, 0.25) is 0 Å². The average Bonchev–Trinajstić information content (AvgIpc) is 1.85. The molecule has 11 heavy (non-hydrogen) atoms. The lowest BCUT2D eigenvalue weighted by Gasteiger charge is -2.06. The first-order valence-electron chi connectivity index (χ1n) is 3.51. The summed E-state index contributed by atoms with van der Waals surface area (Å²) >= 11 is 0. The van der Waals surface area contributed by atoms with Gasteiger partial charge in [0.15, 0.2) is 0 Å². The van der Waals surface area contributed by atoms with Gasteiger partial charge in [-0.1, -0.05) is 0 Å². The van der Waals surface area contributed by atoms with E-state index in [-0.39, 0.29) is 0 Å². The molecular formula is C7H16N4. The summed E-state index contributed by atoms with van der Waals surface area (Å²) in [5.41, 5.74) is 1.91. The molecule has 0 aromatic rings. The van der Waals surface area contributed by atoms with E-state index in [4.69, 9.17) is 5.84 Å². The third-order valence-corrected chi connectivity index (χ3v) is 1.10. The Kier molecular flexibility index (Phi) is 4.26. The van der Waals surface area contributed by atoms with E-state index in [1.54, 1.807) is 5.01 Å². The first-order chi connectivity index (χ1) is 5.06. The van der Waals surface area contributed by atoms with Crippen molar-refractivity contribution in [2.24, 2.45) is 16.0 Å². The van der Waals surface area contributed by atoms with Crippen molar-refractivity contribution in [1.82, 2.24) is 5.01 Å². The van der Waals surface area contributed by atoms with Crippen molar-refractivity contribution in [2.75, 3.05) is 14.1 Å². The maximum absolute atomic E-state index is 5.07. The number of hydrazone groups is 2. The molecule has 0 aromatic heterocycles. The van der Waals surface area contributed by atoms with E-state index in [1.807, 2.05) is 27.9 Å². The molecule has 0 aromatic carbocycles. The van der Waals surface area contributed by atoms with Crippen LogP contribution < -0.4 is 5.84 Å². The lowest BCUT2D eigenvalue weighted by Crippen LogP contribution is -2.09. The lowest BCUT2D eigenvalue weighted by molar-refractivity contribution is 0.436. The van der Waals surface area contributed by atoms with Gasteiger partial charge in [-0.2, -0.15) is 10.2 Å². The van der Waals surface area contributed by atoms with Gasteiger partial charge in [0.2, 0.25) is 0 Å². The predicted octanol–water partition coefficient (Wildman–Crippen LogP) is 0.649. The quantitative estimate of drug-likeness (QED) is 0.370. The maximum Gasteiger partial charge on any atom is 0.0406 e. The van der Waals surface area contributed by atoms with Crippen LogP contribution >= 0.6 is 0 Å². The molecule has 0 spiro atoms. The molecule has 4 heteroatoms. The van der Waals surface area contributed by atoms with E-state index in [1.165, 1.54) is 0 Å². The summed E-state index contributed by atoms with van der Waals surface area (Å²) in [5, 5.41) is 9.49. The highest BCUT2D eigenvalue weighted by Crippen LogP contribution is 1.90. The highest BCUT2D eigenvalue weighted by molar-refractivity contribution is 6.02. The summed E-state index contributed by atoms with van der Waals surface area (Å²) in [7, 11) is 3.77. The maximum atomic E-state index is 5.07. The van der Waals surface area contributed by atoms with E-state index in [0.29, 0.717) is 0 Å². The third kappa shape index (κ3) is 5.39. The Morgan fingerprint density at radius 2 is 1.82 bits per heavy atom. The minimum atomic E-state index is 0.745. The van der Waals surface area contributed by atoms with Crippen LogP contribution in [-0.2, 0) is 0 Å². The first-order valence-corrected chi connectivity index (χ1v) is 3.51. The van der Waals surface area contributed by atoms with E-state index >= 15 is 0 Å². The van der Waals surface area contributed by atoms with Crippen molar-refractivity contribution in [3.8, 4) is 0 Å². The Hall–Kier alpha value is -1.06. The first kappa shape index (κ1) is 9.94. The standard InChI is InChI=1S/C7H16N4/c1-6(9-8)5-7(2)10-11(3)4/h5,8H2,1-4H3/b9-6-,10-7+. The number of rotatable bonds is 3. The topological polar surface area (TPSA) is 54.0 Å². The second kappa shape index (κ2) is 4.71. The zero-order valence-corrected chi connectivity index (χ0v) is 7.63. The molecular weight excluding hydrogens is 140 g/mol. The molecule has 0 amide bonds. The van der Waals surface area contributed by atoms with E-state index < -0.39 is 0 Å². The smallest absolute Gasteiger partial charge is 0.0406 e. The van der Waals surface area contributed by atoms with Crippen molar-refractivity contribution in [1.29, 1.82) is 0 Å². The van der Waals surface area contributed by atoms with Gasteiger partial charge >= 0.3 is 0 Å². The molecule has 0 radical (unpaired) electrons. The number of hydrogen-bond donors (Lipinski definition) is 1. The Morgan fingerprint density at radius 3 is 2.18 bits per heavy atom. The number of nitrogens with zero attached hydrogens (tertiary/aromatic N) is 3.